The Kier molecular flexibility index (Phi) is 3.60. The van der Waals surface area contributed by atoms with Crippen LogP contribution in [0.3, 0.4) is 0 Å². The molecule has 1 heterocycles. The molecule has 0 spiro atoms. The summed E-state index contributed by atoms with van der Waals surface area (Å²) in [7, 11) is 0. The van der Waals surface area contributed by atoms with Crippen molar-refractivity contribution in [1.29, 1.82) is 0 Å². The third-order valence-electron chi connectivity index (χ3n) is 5.57. The van der Waals surface area contributed by atoms with Crippen LogP contribution in [0.2, 0.25) is 0 Å². The lowest BCUT2D eigenvalue weighted by Gasteiger charge is -2.30. The molecule has 0 bridgehead atoms. The van der Waals surface area contributed by atoms with Crippen molar-refractivity contribution in [2.45, 2.75) is 44.7 Å². The second-order valence-corrected chi connectivity index (χ2v) is 6.92. The van der Waals surface area contributed by atoms with E-state index in [2.05, 4.69) is 16.9 Å². The molecule has 1 amide bonds. The van der Waals surface area contributed by atoms with Crippen molar-refractivity contribution in [2.24, 2.45) is 17.6 Å². The lowest BCUT2D eigenvalue weighted by atomic mass is 10.0. The average Bonchev–Trinajstić information content (AvgIpc) is 3.26. The average molecular weight is 312 g/mol. The van der Waals surface area contributed by atoms with E-state index < -0.39 is 0 Å². The fourth-order valence-corrected chi connectivity index (χ4v) is 4.27. The Morgan fingerprint density at radius 2 is 2.17 bits per heavy atom. The van der Waals surface area contributed by atoms with E-state index in [1.807, 2.05) is 29.2 Å². The zero-order valence-corrected chi connectivity index (χ0v) is 13.5. The van der Waals surface area contributed by atoms with E-state index in [4.69, 9.17) is 5.73 Å². The first-order valence-corrected chi connectivity index (χ1v) is 8.70. The summed E-state index contributed by atoms with van der Waals surface area (Å²) < 4.78 is 0. The number of para-hydroxylation sites is 2. The minimum Gasteiger partial charge on any atom is -0.334 e. The number of H-pyrrole nitrogens is 1. The van der Waals surface area contributed by atoms with Gasteiger partial charge in [0.15, 0.2) is 5.82 Å². The molecule has 1 aromatic heterocycles. The third kappa shape index (κ3) is 2.53. The fraction of sp³-hybridized carbons (Fsp3) is 0.556. The molecule has 2 aliphatic rings. The van der Waals surface area contributed by atoms with Gasteiger partial charge in [0, 0.05) is 18.6 Å². The summed E-state index contributed by atoms with van der Waals surface area (Å²) in [5, 5.41) is 0. The third-order valence-corrected chi connectivity index (χ3v) is 5.57. The fourth-order valence-electron chi connectivity index (χ4n) is 4.27. The van der Waals surface area contributed by atoms with Gasteiger partial charge in [-0.2, -0.15) is 0 Å². The Balaban J connectivity index is 1.60. The number of benzene rings is 1. The van der Waals surface area contributed by atoms with Crippen LogP contribution >= 0.6 is 0 Å². The summed E-state index contributed by atoms with van der Waals surface area (Å²) in [5.74, 6) is 1.68. The molecule has 2 saturated carbocycles. The van der Waals surface area contributed by atoms with Crippen molar-refractivity contribution in [1.82, 2.24) is 14.9 Å². The van der Waals surface area contributed by atoms with Gasteiger partial charge in [0.1, 0.15) is 0 Å². The monoisotopic (exact) mass is 312 g/mol. The number of hydrogen-bond donors (Lipinski definition) is 2. The molecule has 3 N–H and O–H groups in total. The Labute approximate surface area is 136 Å². The summed E-state index contributed by atoms with van der Waals surface area (Å²) in [6.45, 7) is 2.78. The SMILES string of the molecule is CCN(C(=O)c1nc2ccccc2[nH]1)[C@H]1CCC[C@@H](N)C2C[C@@H]21. The molecule has 1 aromatic carbocycles. The molecule has 0 radical (unpaired) electrons. The van der Waals surface area contributed by atoms with Crippen LogP contribution in [0.4, 0.5) is 0 Å². The molecule has 5 nitrogen and oxygen atoms in total. The molecular weight excluding hydrogens is 288 g/mol. The van der Waals surface area contributed by atoms with Gasteiger partial charge in [-0.05, 0) is 56.6 Å². The van der Waals surface area contributed by atoms with Crippen LogP contribution in [0.15, 0.2) is 24.3 Å². The number of carbonyl (C=O) groups is 1. The van der Waals surface area contributed by atoms with Crippen molar-refractivity contribution in [3.63, 3.8) is 0 Å². The maximum absolute atomic E-state index is 13.0. The first kappa shape index (κ1) is 14.7. The Morgan fingerprint density at radius 3 is 2.96 bits per heavy atom. The van der Waals surface area contributed by atoms with Crippen LogP contribution in [0.1, 0.15) is 43.2 Å². The maximum Gasteiger partial charge on any atom is 0.289 e. The van der Waals surface area contributed by atoms with E-state index in [9.17, 15) is 4.79 Å². The molecule has 122 valence electrons. The first-order chi connectivity index (χ1) is 11.2. The molecule has 4 atom stereocenters. The highest BCUT2D eigenvalue weighted by atomic mass is 16.2. The van der Waals surface area contributed by atoms with Gasteiger partial charge >= 0.3 is 0 Å². The number of carbonyl (C=O) groups excluding carboxylic acids is 1. The number of nitrogens with zero attached hydrogens (tertiary/aromatic N) is 2. The van der Waals surface area contributed by atoms with Crippen LogP contribution in [0, 0.1) is 11.8 Å². The number of imidazole rings is 1. The van der Waals surface area contributed by atoms with Crippen molar-refractivity contribution in [2.75, 3.05) is 6.54 Å². The molecule has 0 saturated heterocycles. The van der Waals surface area contributed by atoms with Gasteiger partial charge in [-0.1, -0.05) is 12.1 Å². The van der Waals surface area contributed by atoms with Gasteiger partial charge in [-0.15, -0.1) is 0 Å². The molecular formula is C18H24N4O. The van der Waals surface area contributed by atoms with Gasteiger partial charge < -0.3 is 15.6 Å². The van der Waals surface area contributed by atoms with Gasteiger partial charge in [0.2, 0.25) is 0 Å². The molecule has 2 aliphatic carbocycles. The zero-order valence-electron chi connectivity index (χ0n) is 13.5. The minimum atomic E-state index is 0.0230. The van der Waals surface area contributed by atoms with Crippen LogP contribution in [-0.4, -0.2) is 39.4 Å². The van der Waals surface area contributed by atoms with Crippen LogP contribution in [0.25, 0.3) is 11.0 Å². The Bertz CT molecular complexity index is 692. The van der Waals surface area contributed by atoms with Crippen LogP contribution < -0.4 is 5.73 Å². The summed E-state index contributed by atoms with van der Waals surface area (Å²) >= 11 is 0. The van der Waals surface area contributed by atoms with Gasteiger partial charge in [0.25, 0.3) is 5.91 Å². The van der Waals surface area contributed by atoms with E-state index in [0.717, 1.165) is 36.8 Å². The number of aromatic amines is 1. The highest BCUT2D eigenvalue weighted by Crippen LogP contribution is 2.49. The molecule has 23 heavy (non-hydrogen) atoms. The Morgan fingerprint density at radius 1 is 1.35 bits per heavy atom. The predicted octanol–water partition coefficient (Wildman–Crippen LogP) is 2.54. The second kappa shape index (κ2) is 5.64. The van der Waals surface area contributed by atoms with Crippen molar-refractivity contribution >= 4 is 16.9 Å². The lowest BCUT2D eigenvalue weighted by molar-refractivity contribution is 0.0642. The maximum atomic E-state index is 13.0. The van der Waals surface area contributed by atoms with Gasteiger partial charge in [-0.25, -0.2) is 4.98 Å². The van der Waals surface area contributed by atoms with E-state index in [0.29, 0.717) is 29.7 Å². The number of nitrogens with one attached hydrogen (secondary N) is 1. The van der Waals surface area contributed by atoms with E-state index >= 15 is 0 Å². The van der Waals surface area contributed by atoms with Crippen molar-refractivity contribution in [3.8, 4) is 0 Å². The van der Waals surface area contributed by atoms with Crippen molar-refractivity contribution in [3.05, 3.63) is 30.1 Å². The normalized spacial score (nSPS) is 29.8. The van der Waals surface area contributed by atoms with Gasteiger partial charge in [0.05, 0.1) is 11.0 Å². The molecule has 2 aromatic rings. The minimum absolute atomic E-state index is 0.0230. The smallest absolute Gasteiger partial charge is 0.289 e. The number of fused-ring (bicyclic) bond motifs is 2. The number of nitrogens with two attached hydrogens (primary N) is 1. The Hall–Kier alpha value is -1.88. The zero-order chi connectivity index (χ0) is 16.0. The quantitative estimate of drug-likeness (QED) is 0.914. The van der Waals surface area contributed by atoms with Crippen LogP contribution in [-0.2, 0) is 0 Å². The molecule has 5 heteroatoms. The molecule has 2 fully saturated rings. The number of hydrogen-bond acceptors (Lipinski definition) is 3. The first-order valence-electron chi connectivity index (χ1n) is 8.70. The summed E-state index contributed by atoms with van der Waals surface area (Å²) in [6, 6.07) is 8.42. The van der Waals surface area contributed by atoms with Crippen molar-refractivity contribution < 1.29 is 4.79 Å². The number of amides is 1. The standard InChI is InChI=1S/C18H24N4O/c1-2-22(16-9-5-6-13(19)11-10-12(11)16)18(23)17-20-14-7-3-4-8-15(14)21-17/h3-4,7-8,11-13,16H,2,5-6,9-10,19H2,1H3,(H,20,21)/t11?,12-,13+,16-/m0/s1. The summed E-state index contributed by atoms with van der Waals surface area (Å²) in [5.41, 5.74) is 8.00. The van der Waals surface area contributed by atoms with Crippen LogP contribution in [0.5, 0.6) is 0 Å². The van der Waals surface area contributed by atoms with E-state index in [-0.39, 0.29) is 5.91 Å². The second-order valence-electron chi connectivity index (χ2n) is 6.92. The van der Waals surface area contributed by atoms with E-state index in [1.165, 1.54) is 6.42 Å². The number of rotatable bonds is 3. The number of aromatic nitrogens is 2. The highest BCUT2D eigenvalue weighted by Gasteiger charge is 2.50. The molecule has 1 unspecified atom stereocenters. The van der Waals surface area contributed by atoms with Gasteiger partial charge in [-0.3, -0.25) is 4.79 Å². The molecule has 4 rings (SSSR count). The topological polar surface area (TPSA) is 75.0 Å². The lowest BCUT2D eigenvalue weighted by Crippen LogP contribution is -2.42. The summed E-state index contributed by atoms with van der Waals surface area (Å²) in [4.78, 5) is 22.7. The predicted molar refractivity (Wildman–Crippen MR) is 90.0 cm³/mol. The largest absolute Gasteiger partial charge is 0.334 e. The highest BCUT2D eigenvalue weighted by molar-refractivity contribution is 5.94. The molecule has 0 aliphatic heterocycles. The summed E-state index contributed by atoms with van der Waals surface area (Å²) in [6.07, 6.45) is 4.45. The van der Waals surface area contributed by atoms with E-state index in [1.54, 1.807) is 0 Å².